The lowest BCUT2D eigenvalue weighted by Gasteiger charge is -2.08. The number of nitrogens with one attached hydrogen (secondary N) is 1. The zero-order valence-electron chi connectivity index (χ0n) is 10.2. The van der Waals surface area contributed by atoms with Crippen molar-refractivity contribution in [3.05, 3.63) is 33.9 Å². The molecule has 0 unspecified atom stereocenters. The van der Waals surface area contributed by atoms with Crippen molar-refractivity contribution in [3.63, 3.8) is 0 Å². The molecule has 0 aliphatic heterocycles. The molecule has 0 spiro atoms. The number of carbonyl (C=O) groups excluding carboxylic acids is 1. The van der Waals surface area contributed by atoms with Crippen LogP contribution in [0.4, 0.5) is 24.5 Å². The normalized spacial score (nSPS) is 11.2. The Labute approximate surface area is 111 Å². The fraction of sp³-hybridized carbons (Fsp3) is 0.364. The monoisotopic (exact) mass is 291 g/mol. The molecule has 20 heavy (non-hydrogen) atoms. The van der Waals surface area contributed by atoms with Crippen LogP contribution in [-0.4, -0.2) is 23.6 Å². The van der Waals surface area contributed by atoms with E-state index in [4.69, 9.17) is 5.73 Å². The zero-order valence-corrected chi connectivity index (χ0v) is 10.2. The standard InChI is InChI=1S/C11H12F3N3O3/c12-11(13,14)5-2-6-16-10(18)7-3-1-4-8(15)9(7)17(19)20/h1,3-4H,2,5-6,15H2,(H,16,18). The number of nitro groups is 1. The molecule has 0 bridgehead atoms. The number of nitrogens with zero attached hydrogens (tertiary/aromatic N) is 1. The molecule has 0 aliphatic rings. The number of carbonyl (C=O) groups is 1. The maximum Gasteiger partial charge on any atom is 0.389 e. The van der Waals surface area contributed by atoms with Gasteiger partial charge in [-0.15, -0.1) is 0 Å². The van der Waals surface area contributed by atoms with Crippen LogP contribution in [0.3, 0.4) is 0 Å². The number of nitrogens with two attached hydrogens (primary N) is 1. The van der Waals surface area contributed by atoms with Gasteiger partial charge in [0.15, 0.2) is 0 Å². The van der Waals surface area contributed by atoms with Gasteiger partial charge >= 0.3 is 11.9 Å². The number of benzene rings is 1. The van der Waals surface area contributed by atoms with Gasteiger partial charge in [0.05, 0.1) is 4.92 Å². The summed E-state index contributed by atoms with van der Waals surface area (Å²) in [4.78, 5) is 21.7. The number of hydrogen-bond donors (Lipinski definition) is 2. The molecule has 3 N–H and O–H groups in total. The van der Waals surface area contributed by atoms with Gasteiger partial charge in [-0.3, -0.25) is 14.9 Å². The molecular formula is C11H12F3N3O3. The van der Waals surface area contributed by atoms with E-state index in [0.717, 1.165) is 0 Å². The number of hydrogen-bond acceptors (Lipinski definition) is 4. The van der Waals surface area contributed by atoms with Crippen molar-refractivity contribution in [3.8, 4) is 0 Å². The van der Waals surface area contributed by atoms with E-state index < -0.39 is 29.1 Å². The Morgan fingerprint density at radius 3 is 2.60 bits per heavy atom. The highest BCUT2D eigenvalue weighted by atomic mass is 19.4. The number of amides is 1. The van der Waals surface area contributed by atoms with Crippen molar-refractivity contribution in [2.24, 2.45) is 0 Å². The molecule has 1 rings (SSSR count). The van der Waals surface area contributed by atoms with Crippen LogP contribution in [0.2, 0.25) is 0 Å². The van der Waals surface area contributed by atoms with E-state index >= 15 is 0 Å². The summed E-state index contributed by atoms with van der Waals surface area (Å²) in [5, 5.41) is 13.0. The average molecular weight is 291 g/mol. The fourth-order valence-electron chi connectivity index (χ4n) is 1.53. The highest BCUT2D eigenvalue weighted by Crippen LogP contribution is 2.26. The van der Waals surface area contributed by atoms with Gasteiger partial charge in [-0.05, 0) is 18.6 Å². The molecule has 9 heteroatoms. The van der Waals surface area contributed by atoms with Crippen LogP contribution in [0, 0.1) is 10.1 Å². The molecule has 0 heterocycles. The molecule has 110 valence electrons. The molecule has 0 aromatic heterocycles. The van der Waals surface area contributed by atoms with Crippen LogP contribution in [0.1, 0.15) is 23.2 Å². The van der Waals surface area contributed by atoms with Crippen molar-refractivity contribution >= 4 is 17.3 Å². The zero-order chi connectivity index (χ0) is 15.3. The lowest BCUT2D eigenvalue weighted by molar-refractivity contribution is -0.384. The number of anilines is 1. The lowest BCUT2D eigenvalue weighted by atomic mass is 10.1. The van der Waals surface area contributed by atoms with Crippen LogP contribution in [-0.2, 0) is 0 Å². The predicted octanol–water partition coefficient (Wildman–Crippen LogP) is 2.25. The third-order valence-corrected chi connectivity index (χ3v) is 2.42. The van der Waals surface area contributed by atoms with E-state index in [-0.39, 0.29) is 24.2 Å². The molecule has 0 fully saturated rings. The number of rotatable bonds is 5. The summed E-state index contributed by atoms with van der Waals surface area (Å²) in [7, 11) is 0. The van der Waals surface area contributed by atoms with Crippen LogP contribution >= 0.6 is 0 Å². The minimum atomic E-state index is -4.30. The Hall–Kier alpha value is -2.32. The predicted molar refractivity (Wildman–Crippen MR) is 65.1 cm³/mol. The molecule has 1 aromatic carbocycles. The number of nitro benzene ring substituents is 1. The second kappa shape index (κ2) is 6.22. The SMILES string of the molecule is Nc1cccc(C(=O)NCCCC(F)(F)F)c1[N+](=O)[O-]. The third-order valence-electron chi connectivity index (χ3n) is 2.42. The Morgan fingerprint density at radius 1 is 1.40 bits per heavy atom. The van der Waals surface area contributed by atoms with Gasteiger partial charge in [-0.1, -0.05) is 6.07 Å². The number of alkyl halides is 3. The van der Waals surface area contributed by atoms with E-state index in [2.05, 4.69) is 5.32 Å². The van der Waals surface area contributed by atoms with Gasteiger partial charge in [0.2, 0.25) is 0 Å². The second-order valence-corrected chi connectivity index (χ2v) is 3.98. The Kier molecular flexibility index (Phi) is 4.89. The average Bonchev–Trinajstić information content (AvgIpc) is 2.32. The van der Waals surface area contributed by atoms with Crippen molar-refractivity contribution in [1.29, 1.82) is 0 Å². The van der Waals surface area contributed by atoms with Crippen LogP contribution in [0.25, 0.3) is 0 Å². The molecule has 1 aromatic rings. The Bertz CT molecular complexity index is 517. The lowest BCUT2D eigenvalue weighted by Crippen LogP contribution is -2.26. The van der Waals surface area contributed by atoms with Crippen LogP contribution in [0.5, 0.6) is 0 Å². The molecule has 0 saturated carbocycles. The summed E-state index contributed by atoms with van der Waals surface area (Å²) >= 11 is 0. The van der Waals surface area contributed by atoms with Gasteiger partial charge in [0, 0.05) is 13.0 Å². The highest BCUT2D eigenvalue weighted by Gasteiger charge is 2.27. The van der Waals surface area contributed by atoms with Crippen molar-refractivity contribution in [2.75, 3.05) is 12.3 Å². The van der Waals surface area contributed by atoms with E-state index in [1.54, 1.807) is 0 Å². The van der Waals surface area contributed by atoms with Crippen LogP contribution in [0.15, 0.2) is 18.2 Å². The Balaban J connectivity index is 2.69. The first-order valence-corrected chi connectivity index (χ1v) is 5.60. The van der Waals surface area contributed by atoms with Crippen molar-refractivity contribution < 1.29 is 22.9 Å². The molecule has 1 amide bonds. The first kappa shape index (κ1) is 15.7. The van der Waals surface area contributed by atoms with E-state index in [1.807, 2.05) is 0 Å². The minimum absolute atomic E-state index is 0.182. The fourth-order valence-corrected chi connectivity index (χ4v) is 1.53. The first-order valence-electron chi connectivity index (χ1n) is 5.60. The minimum Gasteiger partial charge on any atom is -0.393 e. The van der Waals surface area contributed by atoms with Crippen molar-refractivity contribution in [1.82, 2.24) is 5.32 Å². The van der Waals surface area contributed by atoms with Gasteiger partial charge in [0.25, 0.3) is 5.91 Å². The maximum absolute atomic E-state index is 11.9. The first-order chi connectivity index (χ1) is 9.22. The smallest absolute Gasteiger partial charge is 0.389 e. The molecule has 0 saturated heterocycles. The Morgan fingerprint density at radius 2 is 2.05 bits per heavy atom. The molecule has 0 aliphatic carbocycles. The summed E-state index contributed by atoms with van der Waals surface area (Å²) in [6, 6.07) is 3.80. The quantitative estimate of drug-likeness (QED) is 0.376. The van der Waals surface area contributed by atoms with E-state index in [0.29, 0.717) is 0 Å². The van der Waals surface area contributed by atoms with Gasteiger partial charge in [-0.2, -0.15) is 13.2 Å². The number of para-hydroxylation sites is 1. The number of nitrogen functional groups attached to an aromatic ring is 1. The summed E-state index contributed by atoms with van der Waals surface area (Å²) in [6.07, 6.45) is -5.63. The highest BCUT2D eigenvalue weighted by molar-refractivity contribution is 6.00. The van der Waals surface area contributed by atoms with E-state index in [9.17, 15) is 28.1 Å². The topological polar surface area (TPSA) is 98.3 Å². The van der Waals surface area contributed by atoms with E-state index in [1.165, 1.54) is 18.2 Å². The summed E-state index contributed by atoms with van der Waals surface area (Å²) in [5.74, 6) is -0.828. The summed E-state index contributed by atoms with van der Waals surface area (Å²) in [5.41, 5.74) is 4.39. The van der Waals surface area contributed by atoms with Crippen LogP contribution < -0.4 is 11.1 Å². The number of halogens is 3. The summed E-state index contributed by atoms with van der Waals surface area (Å²) < 4.78 is 35.7. The van der Waals surface area contributed by atoms with Gasteiger partial charge < -0.3 is 11.1 Å². The third kappa shape index (κ3) is 4.41. The molecule has 6 nitrogen and oxygen atoms in total. The van der Waals surface area contributed by atoms with Gasteiger partial charge in [0.1, 0.15) is 11.3 Å². The second-order valence-electron chi connectivity index (χ2n) is 3.98. The summed E-state index contributed by atoms with van der Waals surface area (Å²) in [6.45, 7) is -0.232. The van der Waals surface area contributed by atoms with Crippen molar-refractivity contribution in [2.45, 2.75) is 19.0 Å². The largest absolute Gasteiger partial charge is 0.393 e. The van der Waals surface area contributed by atoms with Gasteiger partial charge in [-0.25, -0.2) is 0 Å². The molecule has 0 radical (unpaired) electrons. The molecule has 0 atom stereocenters. The molecular weight excluding hydrogens is 279 g/mol. The maximum atomic E-state index is 11.9.